The van der Waals surface area contributed by atoms with Gasteiger partial charge in [-0.1, -0.05) is 32.4 Å². The Kier molecular flexibility index (Phi) is 5.33. The summed E-state index contributed by atoms with van der Waals surface area (Å²) in [4.78, 5) is 0. The van der Waals surface area contributed by atoms with E-state index < -0.39 is 0 Å². The van der Waals surface area contributed by atoms with E-state index >= 15 is 0 Å². The normalized spacial score (nSPS) is 12.5. The monoisotopic (exact) mass is 221 g/mol. The first-order chi connectivity index (χ1) is 7.67. The number of nitrogens with two attached hydrogens (primary N) is 1. The Labute approximate surface area is 98.8 Å². The van der Waals surface area contributed by atoms with Gasteiger partial charge in [0.1, 0.15) is 5.75 Å². The van der Waals surface area contributed by atoms with Crippen molar-refractivity contribution in [1.29, 1.82) is 0 Å². The van der Waals surface area contributed by atoms with Crippen molar-refractivity contribution in [3.63, 3.8) is 0 Å². The average Bonchev–Trinajstić information content (AvgIpc) is 2.27. The van der Waals surface area contributed by atoms with Crippen LogP contribution in [0.4, 0.5) is 0 Å². The predicted octanol–water partition coefficient (Wildman–Crippen LogP) is 3.27. The van der Waals surface area contributed by atoms with Crippen molar-refractivity contribution in [1.82, 2.24) is 0 Å². The molecule has 0 radical (unpaired) electrons. The van der Waals surface area contributed by atoms with Crippen LogP contribution in [-0.2, 0) is 6.54 Å². The van der Waals surface area contributed by atoms with E-state index in [1.165, 1.54) is 18.4 Å². The van der Waals surface area contributed by atoms with E-state index in [4.69, 9.17) is 10.5 Å². The summed E-state index contributed by atoms with van der Waals surface area (Å²) in [5.41, 5.74) is 8.00. The summed E-state index contributed by atoms with van der Waals surface area (Å²) in [5.74, 6) is 1.56. The number of hydrogen-bond acceptors (Lipinski definition) is 2. The van der Waals surface area contributed by atoms with Crippen LogP contribution < -0.4 is 10.5 Å². The average molecular weight is 221 g/mol. The minimum absolute atomic E-state index is 0.539. The Balaban J connectivity index is 2.61. The maximum Gasteiger partial charge on any atom is 0.124 e. The lowest BCUT2D eigenvalue weighted by Crippen LogP contribution is -2.10. The zero-order chi connectivity index (χ0) is 12.0. The van der Waals surface area contributed by atoms with Gasteiger partial charge in [0.2, 0.25) is 0 Å². The molecule has 0 fully saturated rings. The van der Waals surface area contributed by atoms with Gasteiger partial charge in [-0.25, -0.2) is 0 Å². The number of benzene rings is 1. The SMILES string of the molecule is CCCC(C)COc1cc(C)ccc1CN. The second-order valence-corrected chi connectivity index (χ2v) is 4.52. The lowest BCUT2D eigenvalue weighted by atomic mass is 10.1. The van der Waals surface area contributed by atoms with Gasteiger partial charge in [0, 0.05) is 12.1 Å². The molecule has 0 aliphatic heterocycles. The molecule has 90 valence electrons. The molecule has 16 heavy (non-hydrogen) atoms. The highest BCUT2D eigenvalue weighted by Crippen LogP contribution is 2.21. The molecule has 2 N–H and O–H groups in total. The van der Waals surface area contributed by atoms with Gasteiger partial charge < -0.3 is 10.5 Å². The van der Waals surface area contributed by atoms with Crippen molar-refractivity contribution >= 4 is 0 Å². The molecule has 0 aromatic heterocycles. The number of aryl methyl sites for hydroxylation is 1. The molecule has 1 aromatic rings. The van der Waals surface area contributed by atoms with Gasteiger partial charge in [0.15, 0.2) is 0 Å². The molecule has 0 saturated carbocycles. The lowest BCUT2D eigenvalue weighted by molar-refractivity contribution is 0.249. The molecule has 1 rings (SSSR count). The third kappa shape index (κ3) is 3.86. The third-order valence-corrected chi connectivity index (χ3v) is 2.75. The van der Waals surface area contributed by atoms with Crippen LogP contribution in [0.1, 0.15) is 37.8 Å². The molecule has 1 unspecified atom stereocenters. The Morgan fingerprint density at radius 3 is 2.75 bits per heavy atom. The second kappa shape index (κ2) is 6.54. The first kappa shape index (κ1) is 13.0. The van der Waals surface area contributed by atoms with Gasteiger partial charge in [0.25, 0.3) is 0 Å². The summed E-state index contributed by atoms with van der Waals surface area (Å²) in [5, 5.41) is 0. The summed E-state index contributed by atoms with van der Waals surface area (Å²) in [6, 6.07) is 6.19. The highest BCUT2D eigenvalue weighted by atomic mass is 16.5. The fraction of sp³-hybridized carbons (Fsp3) is 0.571. The number of rotatable bonds is 6. The maximum absolute atomic E-state index is 5.84. The zero-order valence-electron chi connectivity index (χ0n) is 10.6. The van der Waals surface area contributed by atoms with E-state index in [0.717, 1.165) is 17.9 Å². The minimum atomic E-state index is 0.539. The van der Waals surface area contributed by atoms with E-state index in [0.29, 0.717) is 12.5 Å². The molecule has 0 bridgehead atoms. The molecule has 0 aliphatic rings. The second-order valence-electron chi connectivity index (χ2n) is 4.52. The van der Waals surface area contributed by atoms with Crippen molar-refractivity contribution in [2.45, 2.75) is 40.2 Å². The van der Waals surface area contributed by atoms with Crippen LogP contribution in [0.5, 0.6) is 5.75 Å². The Morgan fingerprint density at radius 2 is 2.12 bits per heavy atom. The minimum Gasteiger partial charge on any atom is -0.493 e. The summed E-state index contributed by atoms with van der Waals surface area (Å²) in [7, 11) is 0. The molecule has 1 aromatic carbocycles. The smallest absolute Gasteiger partial charge is 0.124 e. The molecule has 0 spiro atoms. The predicted molar refractivity (Wildman–Crippen MR) is 68.6 cm³/mol. The lowest BCUT2D eigenvalue weighted by Gasteiger charge is -2.15. The fourth-order valence-corrected chi connectivity index (χ4v) is 1.77. The molecule has 0 aliphatic carbocycles. The first-order valence-electron chi connectivity index (χ1n) is 6.09. The first-order valence-corrected chi connectivity index (χ1v) is 6.09. The highest BCUT2D eigenvalue weighted by Gasteiger charge is 2.05. The molecular formula is C14H23NO. The summed E-state index contributed by atoms with van der Waals surface area (Å²) in [6.07, 6.45) is 2.42. The third-order valence-electron chi connectivity index (χ3n) is 2.75. The van der Waals surface area contributed by atoms with Crippen LogP contribution in [-0.4, -0.2) is 6.61 Å². The van der Waals surface area contributed by atoms with E-state index in [1.807, 2.05) is 0 Å². The number of ether oxygens (including phenoxy) is 1. The van der Waals surface area contributed by atoms with Crippen molar-refractivity contribution in [2.24, 2.45) is 11.7 Å². The van der Waals surface area contributed by atoms with Crippen LogP contribution in [0.15, 0.2) is 18.2 Å². The topological polar surface area (TPSA) is 35.2 Å². The maximum atomic E-state index is 5.84. The van der Waals surface area contributed by atoms with Crippen LogP contribution in [0.25, 0.3) is 0 Å². The van der Waals surface area contributed by atoms with Gasteiger partial charge in [-0.2, -0.15) is 0 Å². The molecule has 0 heterocycles. The van der Waals surface area contributed by atoms with Gasteiger partial charge in [0.05, 0.1) is 6.61 Å². The molecule has 0 saturated heterocycles. The van der Waals surface area contributed by atoms with Crippen LogP contribution in [0.2, 0.25) is 0 Å². The molecular weight excluding hydrogens is 198 g/mol. The van der Waals surface area contributed by atoms with E-state index in [2.05, 4.69) is 39.0 Å². The molecule has 1 atom stereocenters. The molecule has 0 amide bonds. The fourth-order valence-electron chi connectivity index (χ4n) is 1.77. The molecule has 2 heteroatoms. The summed E-state index contributed by atoms with van der Waals surface area (Å²) in [6.45, 7) is 7.82. The standard InChI is InChI=1S/C14H23NO/c1-4-5-12(3)10-16-14-8-11(2)6-7-13(14)9-15/h6-8,12H,4-5,9-10,15H2,1-3H3. The van der Waals surface area contributed by atoms with E-state index in [9.17, 15) is 0 Å². The van der Waals surface area contributed by atoms with Gasteiger partial charge in [-0.3, -0.25) is 0 Å². The van der Waals surface area contributed by atoms with Gasteiger partial charge >= 0.3 is 0 Å². The van der Waals surface area contributed by atoms with Gasteiger partial charge in [-0.15, -0.1) is 0 Å². The molecule has 2 nitrogen and oxygen atoms in total. The Bertz CT molecular complexity index is 323. The van der Waals surface area contributed by atoms with Crippen molar-refractivity contribution in [3.8, 4) is 5.75 Å². The van der Waals surface area contributed by atoms with E-state index in [-0.39, 0.29) is 0 Å². The highest BCUT2D eigenvalue weighted by molar-refractivity contribution is 5.36. The van der Waals surface area contributed by atoms with Crippen molar-refractivity contribution in [2.75, 3.05) is 6.61 Å². The summed E-state index contributed by atoms with van der Waals surface area (Å²) < 4.78 is 5.84. The van der Waals surface area contributed by atoms with Crippen LogP contribution in [0.3, 0.4) is 0 Å². The van der Waals surface area contributed by atoms with Crippen LogP contribution in [0, 0.1) is 12.8 Å². The Morgan fingerprint density at radius 1 is 1.38 bits per heavy atom. The van der Waals surface area contributed by atoms with Gasteiger partial charge in [-0.05, 0) is 30.9 Å². The number of hydrogen-bond donors (Lipinski definition) is 1. The Hall–Kier alpha value is -1.02. The zero-order valence-corrected chi connectivity index (χ0v) is 10.6. The van der Waals surface area contributed by atoms with Crippen molar-refractivity contribution in [3.05, 3.63) is 29.3 Å². The quantitative estimate of drug-likeness (QED) is 0.800. The summed E-state index contributed by atoms with van der Waals surface area (Å²) >= 11 is 0. The van der Waals surface area contributed by atoms with Crippen LogP contribution >= 0.6 is 0 Å². The van der Waals surface area contributed by atoms with Crippen molar-refractivity contribution < 1.29 is 4.74 Å². The largest absolute Gasteiger partial charge is 0.493 e. The van der Waals surface area contributed by atoms with E-state index in [1.54, 1.807) is 0 Å².